The number of hydrogen-bond donors (Lipinski definition) is 2. The monoisotopic (exact) mass is 323 g/mol. The average molecular weight is 323 g/mol. The maximum absolute atomic E-state index is 12.5. The molecule has 0 unspecified atom stereocenters. The van der Waals surface area contributed by atoms with E-state index in [2.05, 4.69) is 5.32 Å². The number of benzene rings is 2. The quantitative estimate of drug-likeness (QED) is 0.853. The van der Waals surface area contributed by atoms with Crippen molar-refractivity contribution >= 4 is 28.9 Å². The average Bonchev–Trinajstić information content (AvgIpc) is 2.71. The first-order valence-corrected chi connectivity index (χ1v) is 8.09. The third-order valence-electron chi connectivity index (χ3n) is 4.26. The summed E-state index contributed by atoms with van der Waals surface area (Å²) in [4.78, 5) is 26.5. The van der Waals surface area contributed by atoms with Gasteiger partial charge < -0.3 is 16.0 Å². The van der Waals surface area contributed by atoms with Crippen molar-refractivity contribution in [3.05, 3.63) is 53.6 Å². The molecule has 0 aromatic heterocycles. The van der Waals surface area contributed by atoms with Crippen LogP contribution >= 0.6 is 0 Å². The van der Waals surface area contributed by atoms with E-state index in [9.17, 15) is 9.59 Å². The van der Waals surface area contributed by atoms with Crippen molar-refractivity contribution in [1.29, 1.82) is 0 Å². The van der Waals surface area contributed by atoms with Gasteiger partial charge in [-0.15, -0.1) is 0 Å². The van der Waals surface area contributed by atoms with Crippen LogP contribution in [-0.4, -0.2) is 18.4 Å². The number of hydrogen-bond acceptors (Lipinski definition) is 3. The van der Waals surface area contributed by atoms with Gasteiger partial charge in [-0.25, -0.2) is 0 Å². The van der Waals surface area contributed by atoms with Gasteiger partial charge in [-0.3, -0.25) is 9.59 Å². The first-order chi connectivity index (χ1) is 11.5. The van der Waals surface area contributed by atoms with Gasteiger partial charge in [0.1, 0.15) is 6.54 Å². The molecule has 0 spiro atoms. The van der Waals surface area contributed by atoms with E-state index in [0.29, 0.717) is 17.8 Å². The Hall–Kier alpha value is -2.82. The molecule has 2 aromatic rings. The van der Waals surface area contributed by atoms with Gasteiger partial charge in [-0.05, 0) is 49.1 Å². The largest absolute Gasteiger partial charge is 0.399 e. The Balaban J connectivity index is 1.80. The normalized spacial score (nSPS) is 14.0. The van der Waals surface area contributed by atoms with Crippen LogP contribution < -0.4 is 16.0 Å². The van der Waals surface area contributed by atoms with Crippen molar-refractivity contribution in [2.45, 2.75) is 26.2 Å². The molecule has 1 aliphatic heterocycles. The van der Waals surface area contributed by atoms with Gasteiger partial charge in [0.25, 0.3) is 0 Å². The Labute approximate surface area is 141 Å². The second-order valence-electron chi connectivity index (χ2n) is 6.08. The minimum absolute atomic E-state index is 0.00405. The van der Waals surface area contributed by atoms with E-state index >= 15 is 0 Å². The zero-order valence-electron chi connectivity index (χ0n) is 13.7. The molecule has 0 aliphatic carbocycles. The lowest BCUT2D eigenvalue weighted by Gasteiger charge is -2.22. The van der Waals surface area contributed by atoms with Crippen LogP contribution in [0.15, 0.2) is 42.5 Å². The Morgan fingerprint density at radius 2 is 2.00 bits per heavy atom. The fourth-order valence-electron chi connectivity index (χ4n) is 2.97. The SMILES string of the molecule is Cc1ccc(N)cc1NC(=O)CN1C(=O)CCCc2ccccc21. The molecule has 0 fully saturated rings. The first kappa shape index (κ1) is 16.1. The van der Waals surface area contributed by atoms with E-state index in [0.717, 1.165) is 29.7 Å². The summed E-state index contributed by atoms with van der Waals surface area (Å²) in [6.07, 6.45) is 2.12. The molecule has 0 bridgehead atoms. The second kappa shape index (κ2) is 6.74. The van der Waals surface area contributed by atoms with Gasteiger partial charge in [0.15, 0.2) is 0 Å². The summed E-state index contributed by atoms with van der Waals surface area (Å²) in [6, 6.07) is 13.1. The summed E-state index contributed by atoms with van der Waals surface area (Å²) in [7, 11) is 0. The minimum Gasteiger partial charge on any atom is -0.399 e. The molecular formula is C19H21N3O2. The number of fused-ring (bicyclic) bond motifs is 1. The van der Waals surface area contributed by atoms with E-state index in [1.165, 1.54) is 0 Å². The molecule has 3 N–H and O–H groups in total. The molecule has 1 heterocycles. The van der Waals surface area contributed by atoms with Crippen molar-refractivity contribution < 1.29 is 9.59 Å². The van der Waals surface area contributed by atoms with E-state index in [4.69, 9.17) is 5.73 Å². The molecule has 24 heavy (non-hydrogen) atoms. The van der Waals surface area contributed by atoms with Crippen molar-refractivity contribution in [1.82, 2.24) is 0 Å². The van der Waals surface area contributed by atoms with E-state index in [-0.39, 0.29) is 18.4 Å². The fraction of sp³-hybridized carbons (Fsp3) is 0.263. The van der Waals surface area contributed by atoms with Gasteiger partial charge in [-0.2, -0.15) is 0 Å². The lowest BCUT2D eigenvalue weighted by Crippen LogP contribution is -2.37. The predicted octanol–water partition coefficient (Wildman–Crippen LogP) is 2.89. The summed E-state index contributed by atoms with van der Waals surface area (Å²) >= 11 is 0. The van der Waals surface area contributed by atoms with Gasteiger partial charge in [-0.1, -0.05) is 24.3 Å². The molecule has 0 atom stereocenters. The number of aryl methyl sites for hydroxylation is 2. The Bertz CT molecular complexity index is 786. The molecule has 5 nitrogen and oxygen atoms in total. The predicted molar refractivity (Wildman–Crippen MR) is 96.0 cm³/mol. The molecule has 5 heteroatoms. The number of carbonyl (C=O) groups excluding carboxylic acids is 2. The summed E-state index contributed by atoms with van der Waals surface area (Å²) < 4.78 is 0. The number of carbonyl (C=O) groups is 2. The molecule has 0 saturated carbocycles. The highest BCUT2D eigenvalue weighted by atomic mass is 16.2. The van der Waals surface area contributed by atoms with Crippen LogP contribution in [0.4, 0.5) is 17.1 Å². The zero-order chi connectivity index (χ0) is 17.1. The molecular weight excluding hydrogens is 302 g/mol. The summed E-state index contributed by atoms with van der Waals surface area (Å²) in [5.74, 6) is -0.242. The highest BCUT2D eigenvalue weighted by Gasteiger charge is 2.24. The maximum atomic E-state index is 12.5. The molecule has 0 saturated heterocycles. The third kappa shape index (κ3) is 3.40. The molecule has 3 rings (SSSR count). The standard InChI is InChI=1S/C19H21N3O2/c1-13-9-10-15(20)11-16(13)21-18(23)12-22-17-7-3-2-5-14(17)6-4-8-19(22)24/h2-3,5,7,9-11H,4,6,8,12,20H2,1H3,(H,21,23). The summed E-state index contributed by atoms with van der Waals surface area (Å²) in [6.45, 7) is 1.91. The lowest BCUT2D eigenvalue weighted by atomic mass is 10.1. The molecule has 1 aliphatic rings. The maximum Gasteiger partial charge on any atom is 0.244 e. The van der Waals surface area contributed by atoms with E-state index < -0.39 is 0 Å². The topological polar surface area (TPSA) is 75.4 Å². The smallest absolute Gasteiger partial charge is 0.244 e. The van der Waals surface area contributed by atoms with Crippen LogP contribution in [0.25, 0.3) is 0 Å². The molecule has 0 radical (unpaired) electrons. The second-order valence-corrected chi connectivity index (χ2v) is 6.08. The van der Waals surface area contributed by atoms with E-state index in [1.807, 2.05) is 37.3 Å². The van der Waals surface area contributed by atoms with Crippen molar-refractivity contribution in [2.24, 2.45) is 0 Å². The number of nitrogens with zero attached hydrogens (tertiary/aromatic N) is 1. The molecule has 2 amide bonds. The van der Waals surface area contributed by atoms with Crippen LogP contribution in [0.5, 0.6) is 0 Å². The number of rotatable bonds is 3. The number of nitrogens with one attached hydrogen (secondary N) is 1. The van der Waals surface area contributed by atoms with Gasteiger partial charge in [0, 0.05) is 23.5 Å². The van der Waals surface area contributed by atoms with Crippen molar-refractivity contribution in [2.75, 3.05) is 22.5 Å². The number of nitrogens with two attached hydrogens (primary N) is 1. The number of anilines is 3. The van der Waals surface area contributed by atoms with Crippen LogP contribution in [0.1, 0.15) is 24.0 Å². The van der Waals surface area contributed by atoms with Crippen LogP contribution in [0, 0.1) is 6.92 Å². The van der Waals surface area contributed by atoms with Gasteiger partial charge in [0.05, 0.1) is 0 Å². The first-order valence-electron chi connectivity index (χ1n) is 8.09. The number of nitrogen functional groups attached to an aromatic ring is 1. The van der Waals surface area contributed by atoms with Crippen LogP contribution in [-0.2, 0) is 16.0 Å². The summed E-state index contributed by atoms with van der Waals surface area (Å²) in [5.41, 5.74) is 9.92. The number of amides is 2. The van der Waals surface area contributed by atoms with Crippen molar-refractivity contribution in [3.63, 3.8) is 0 Å². The zero-order valence-corrected chi connectivity index (χ0v) is 13.7. The third-order valence-corrected chi connectivity index (χ3v) is 4.26. The lowest BCUT2D eigenvalue weighted by molar-refractivity contribution is -0.121. The van der Waals surface area contributed by atoms with Crippen molar-refractivity contribution in [3.8, 4) is 0 Å². The van der Waals surface area contributed by atoms with E-state index in [1.54, 1.807) is 17.0 Å². The highest BCUT2D eigenvalue weighted by molar-refractivity contribution is 6.03. The van der Waals surface area contributed by atoms with Gasteiger partial charge >= 0.3 is 0 Å². The fourth-order valence-corrected chi connectivity index (χ4v) is 2.97. The van der Waals surface area contributed by atoms with Crippen LogP contribution in [0.3, 0.4) is 0 Å². The Morgan fingerprint density at radius 3 is 2.83 bits per heavy atom. The minimum atomic E-state index is -0.228. The summed E-state index contributed by atoms with van der Waals surface area (Å²) in [5, 5.41) is 2.86. The highest BCUT2D eigenvalue weighted by Crippen LogP contribution is 2.27. The number of para-hydroxylation sites is 1. The molecule has 2 aromatic carbocycles. The molecule has 124 valence electrons. The Kier molecular flexibility index (Phi) is 4.51. The van der Waals surface area contributed by atoms with Gasteiger partial charge in [0.2, 0.25) is 11.8 Å². The Morgan fingerprint density at radius 1 is 1.21 bits per heavy atom. The van der Waals surface area contributed by atoms with Crippen LogP contribution in [0.2, 0.25) is 0 Å².